The summed E-state index contributed by atoms with van der Waals surface area (Å²) in [5, 5.41) is 12.4. The van der Waals surface area contributed by atoms with E-state index in [1.54, 1.807) is 35.7 Å². The van der Waals surface area contributed by atoms with Gasteiger partial charge >= 0.3 is 5.92 Å². The Balaban J connectivity index is 1.04. The van der Waals surface area contributed by atoms with Crippen LogP contribution in [0.4, 0.5) is 20.4 Å². The molecule has 5 heterocycles. The van der Waals surface area contributed by atoms with Crippen molar-refractivity contribution in [2.45, 2.75) is 88.2 Å². The van der Waals surface area contributed by atoms with Gasteiger partial charge in [0.2, 0.25) is 5.95 Å². The van der Waals surface area contributed by atoms with Crippen molar-refractivity contribution in [3.05, 3.63) is 54.5 Å². The average molecular weight is 714 g/mol. The van der Waals surface area contributed by atoms with Gasteiger partial charge < -0.3 is 24.3 Å². The van der Waals surface area contributed by atoms with Gasteiger partial charge in [0.25, 0.3) is 5.88 Å². The molecule has 1 N–H and O–H groups in total. The molecule has 0 amide bonds. The molecule has 1 unspecified atom stereocenters. The minimum Gasteiger partial charge on any atom is -0.487 e. The molecule has 268 valence electrons. The summed E-state index contributed by atoms with van der Waals surface area (Å²) in [4.78, 5) is 15.7. The number of hydrogen-bond acceptors (Lipinski definition) is 11. The third-order valence-corrected chi connectivity index (χ3v) is 9.95. The largest absolute Gasteiger partial charge is 0.487 e. The number of hydrogen-bond donors (Lipinski definition) is 1. The summed E-state index contributed by atoms with van der Waals surface area (Å²) in [6.07, 6.45) is 14.4. The highest BCUT2D eigenvalue weighted by atomic mass is 35.5. The zero-order chi connectivity index (χ0) is 34.7. The Bertz CT molecular complexity index is 1690. The summed E-state index contributed by atoms with van der Waals surface area (Å²) in [5.74, 6) is -2.34. The SMILES string of the molecule is COCC(F)(F)COc1nn(C2CCC(N3[C@@H]4CC[C@H]3COC4)CC2)cc1Nc1ncc(-c2ccc(Cl)c(OC(C)Cn3cncn3)c2)cn1. The van der Waals surface area contributed by atoms with Crippen LogP contribution in [-0.4, -0.2) is 103 Å². The summed E-state index contributed by atoms with van der Waals surface area (Å²) in [6, 6.07) is 7.14. The number of methoxy groups -OCH3 is 1. The topological polar surface area (TPSA) is 127 Å². The van der Waals surface area contributed by atoms with Crippen LogP contribution in [0, 0.1) is 0 Å². The lowest BCUT2D eigenvalue weighted by atomic mass is 9.89. The normalized spacial score (nSPS) is 23.1. The van der Waals surface area contributed by atoms with E-state index in [0.29, 0.717) is 41.1 Å². The summed E-state index contributed by atoms with van der Waals surface area (Å²) in [5.41, 5.74) is 1.95. The zero-order valence-electron chi connectivity index (χ0n) is 28.1. The summed E-state index contributed by atoms with van der Waals surface area (Å²) < 4.78 is 54.4. The van der Waals surface area contributed by atoms with Crippen LogP contribution in [0.15, 0.2) is 49.4 Å². The Labute approximate surface area is 294 Å². The number of halogens is 3. The number of alkyl halides is 2. The van der Waals surface area contributed by atoms with Gasteiger partial charge in [-0.3, -0.25) is 9.58 Å². The van der Waals surface area contributed by atoms with Crippen LogP contribution in [-0.2, 0) is 16.0 Å². The molecule has 13 nitrogen and oxygen atoms in total. The minimum atomic E-state index is -3.18. The van der Waals surface area contributed by atoms with E-state index in [4.69, 9.17) is 25.8 Å². The Morgan fingerprint density at radius 2 is 1.72 bits per heavy atom. The molecule has 3 aromatic heterocycles. The first-order chi connectivity index (χ1) is 24.2. The molecule has 1 saturated carbocycles. The molecule has 1 aliphatic carbocycles. The predicted molar refractivity (Wildman–Crippen MR) is 181 cm³/mol. The van der Waals surface area contributed by atoms with Gasteiger partial charge in [-0.2, -0.15) is 5.10 Å². The number of ether oxygens (including phenoxy) is 4. The smallest absolute Gasteiger partial charge is 0.304 e. The van der Waals surface area contributed by atoms with Crippen molar-refractivity contribution in [2.24, 2.45) is 0 Å². The first-order valence-corrected chi connectivity index (χ1v) is 17.4. The number of aromatic nitrogens is 7. The first kappa shape index (κ1) is 34.5. The van der Waals surface area contributed by atoms with Gasteiger partial charge in [0.15, 0.2) is 6.61 Å². The van der Waals surface area contributed by atoms with E-state index in [2.05, 4.69) is 40.1 Å². The van der Waals surface area contributed by atoms with Crippen LogP contribution in [0.25, 0.3) is 11.1 Å². The maximum absolute atomic E-state index is 14.4. The van der Waals surface area contributed by atoms with E-state index in [1.165, 1.54) is 26.3 Å². The van der Waals surface area contributed by atoms with Crippen molar-refractivity contribution in [3.8, 4) is 22.8 Å². The Kier molecular flexibility index (Phi) is 10.4. The highest BCUT2D eigenvalue weighted by molar-refractivity contribution is 6.32. The fourth-order valence-electron chi connectivity index (χ4n) is 7.34. The van der Waals surface area contributed by atoms with Gasteiger partial charge in [-0.15, -0.1) is 5.10 Å². The van der Waals surface area contributed by atoms with Crippen molar-refractivity contribution in [2.75, 3.05) is 38.9 Å². The van der Waals surface area contributed by atoms with Gasteiger partial charge in [0.05, 0.1) is 37.0 Å². The maximum Gasteiger partial charge on any atom is 0.304 e. The predicted octanol–water partition coefficient (Wildman–Crippen LogP) is 5.80. The quantitative estimate of drug-likeness (QED) is 0.170. The molecular weight excluding hydrogens is 672 g/mol. The summed E-state index contributed by atoms with van der Waals surface area (Å²) in [6.45, 7) is 2.44. The second-order valence-electron chi connectivity index (χ2n) is 13.3. The lowest BCUT2D eigenvalue weighted by Crippen LogP contribution is -2.52. The number of benzene rings is 1. The van der Waals surface area contributed by atoms with Gasteiger partial charge in [-0.25, -0.2) is 28.4 Å². The molecule has 2 saturated heterocycles. The molecule has 7 rings (SSSR count). The molecular formula is C34H42ClF2N9O4. The fourth-order valence-corrected chi connectivity index (χ4v) is 7.50. The monoisotopic (exact) mass is 713 g/mol. The molecule has 3 atom stereocenters. The second-order valence-corrected chi connectivity index (χ2v) is 13.8. The number of anilines is 2. The van der Waals surface area contributed by atoms with Crippen LogP contribution in [0.1, 0.15) is 51.5 Å². The lowest BCUT2D eigenvalue weighted by Gasteiger charge is -2.43. The van der Waals surface area contributed by atoms with Crippen LogP contribution in [0.2, 0.25) is 5.02 Å². The van der Waals surface area contributed by atoms with Gasteiger partial charge in [0.1, 0.15) is 36.8 Å². The van der Waals surface area contributed by atoms with Gasteiger partial charge in [0, 0.05) is 43.2 Å². The molecule has 4 aromatic rings. The van der Waals surface area contributed by atoms with Crippen LogP contribution in [0.5, 0.6) is 11.6 Å². The molecule has 16 heteroatoms. The standard InChI is InChI=1S/C34H42ClF2N9O4/c1-22(14-44-21-38-20-41-44)50-31-11-23(3-10-29(31)35)24-12-39-33(40-13-24)42-30-15-45(43-32(30)49-19-34(36,37)18-47-2)25-4-6-26(7-5-25)46-27-8-9-28(46)17-48-16-27/h3,10-13,15,20-22,25-28H,4-9,14,16-19H2,1-2H3,(H,39,40,42)/t22?,25?,26?,27-,28+. The van der Waals surface area contributed by atoms with Crippen molar-refractivity contribution in [3.63, 3.8) is 0 Å². The van der Waals surface area contributed by atoms with E-state index < -0.39 is 19.1 Å². The van der Waals surface area contributed by atoms with Gasteiger partial charge in [-0.1, -0.05) is 17.7 Å². The first-order valence-electron chi connectivity index (χ1n) is 17.1. The number of nitrogens with zero attached hydrogens (tertiary/aromatic N) is 8. The minimum absolute atomic E-state index is 0.0568. The summed E-state index contributed by atoms with van der Waals surface area (Å²) >= 11 is 6.44. The van der Waals surface area contributed by atoms with E-state index >= 15 is 0 Å². The van der Waals surface area contributed by atoms with Crippen LogP contribution in [0.3, 0.4) is 0 Å². The van der Waals surface area contributed by atoms with Gasteiger partial charge in [-0.05, 0) is 63.1 Å². The molecule has 1 aromatic carbocycles. The lowest BCUT2D eigenvalue weighted by molar-refractivity contribution is -0.0917. The zero-order valence-corrected chi connectivity index (χ0v) is 28.9. The van der Waals surface area contributed by atoms with Crippen LogP contribution < -0.4 is 14.8 Å². The van der Waals surface area contributed by atoms with Crippen molar-refractivity contribution >= 4 is 23.2 Å². The van der Waals surface area contributed by atoms with Crippen molar-refractivity contribution < 1.29 is 27.7 Å². The Morgan fingerprint density at radius 3 is 2.42 bits per heavy atom. The van der Waals surface area contributed by atoms with E-state index in [0.717, 1.165) is 50.0 Å². The molecule has 2 bridgehead atoms. The number of fused-ring (bicyclic) bond motifs is 2. The maximum atomic E-state index is 14.4. The van der Waals surface area contributed by atoms with E-state index in [9.17, 15) is 8.78 Å². The Hall–Kier alpha value is -3.92. The molecule has 0 radical (unpaired) electrons. The van der Waals surface area contributed by atoms with E-state index in [-0.39, 0.29) is 24.0 Å². The van der Waals surface area contributed by atoms with Crippen molar-refractivity contribution in [1.29, 1.82) is 0 Å². The van der Waals surface area contributed by atoms with Crippen molar-refractivity contribution in [1.82, 2.24) is 39.4 Å². The highest BCUT2D eigenvalue weighted by Crippen LogP contribution is 2.40. The third-order valence-electron chi connectivity index (χ3n) is 9.63. The number of nitrogens with one attached hydrogen (secondary N) is 1. The summed E-state index contributed by atoms with van der Waals surface area (Å²) in [7, 11) is 1.23. The number of morpholine rings is 1. The number of rotatable bonds is 14. The average Bonchev–Trinajstić information content (AvgIpc) is 3.83. The molecule has 50 heavy (non-hydrogen) atoms. The Morgan fingerprint density at radius 1 is 1.00 bits per heavy atom. The molecule has 0 spiro atoms. The molecule has 3 aliphatic rings. The highest BCUT2D eigenvalue weighted by Gasteiger charge is 2.42. The van der Waals surface area contributed by atoms with E-state index in [1.807, 2.05) is 23.7 Å². The molecule has 3 fully saturated rings. The van der Waals surface area contributed by atoms with Crippen LogP contribution >= 0.6 is 11.6 Å². The molecule has 2 aliphatic heterocycles. The third kappa shape index (κ3) is 8.01. The fraction of sp³-hybridized carbons (Fsp3) is 0.559. The second kappa shape index (κ2) is 15.1.